The summed E-state index contributed by atoms with van der Waals surface area (Å²) in [5.74, 6) is -0.474. The molecule has 3 rings (SSSR count). The molecule has 140 valence electrons. The number of carbonyl (C=O) groups excluding carboxylic acids is 1. The third-order valence-electron chi connectivity index (χ3n) is 4.87. The molecular weight excluding hydrogens is 333 g/mol. The first-order chi connectivity index (χ1) is 12.7. The maximum atomic E-state index is 13.1. The minimum absolute atomic E-state index is 0.0713. The molecule has 1 aromatic carbocycles. The van der Waals surface area contributed by atoms with Crippen LogP contribution in [0.25, 0.3) is 0 Å². The van der Waals surface area contributed by atoms with Gasteiger partial charge in [-0.2, -0.15) is 0 Å². The van der Waals surface area contributed by atoms with Gasteiger partial charge in [0.2, 0.25) is 0 Å². The molecule has 0 bridgehead atoms. The number of nitrogens with one attached hydrogen (secondary N) is 1. The minimum Gasteiger partial charge on any atom is -0.349 e. The highest BCUT2D eigenvalue weighted by Crippen LogP contribution is 2.21. The van der Waals surface area contributed by atoms with Gasteiger partial charge in [0.05, 0.1) is 12.2 Å². The van der Waals surface area contributed by atoms with Crippen LogP contribution >= 0.6 is 0 Å². The third-order valence-corrected chi connectivity index (χ3v) is 4.87. The number of piperidine rings is 1. The number of aromatic nitrogens is 3. The van der Waals surface area contributed by atoms with Crippen LogP contribution in [0.4, 0.5) is 4.39 Å². The van der Waals surface area contributed by atoms with Crippen LogP contribution in [0.2, 0.25) is 0 Å². The molecule has 1 saturated heterocycles. The van der Waals surface area contributed by atoms with E-state index >= 15 is 0 Å². The molecule has 0 radical (unpaired) electrons. The molecule has 6 nitrogen and oxygen atoms in total. The summed E-state index contributed by atoms with van der Waals surface area (Å²) < 4.78 is 14.8. The molecule has 1 aliphatic rings. The maximum Gasteiger partial charge on any atom is 0.273 e. The number of rotatable bonds is 7. The van der Waals surface area contributed by atoms with Gasteiger partial charge in [-0.05, 0) is 50.0 Å². The van der Waals surface area contributed by atoms with Crippen LogP contribution in [0.1, 0.15) is 54.7 Å². The van der Waals surface area contributed by atoms with E-state index in [1.54, 1.807) is 23.0 Å². The Kier molecular flexibility index (Phi) is 6.33. The van der Waals surface area contributed by atoms with E-state index < -0.39 is 0 Å². The van der Waals surface area contributed by atoms with Gasteiger partial charge in [-0.1, -0.05) is 30.7 Å². The van der Waals surface area contributed by atoms with Crippen LogP contribution < -0.4 is 5.32 Å². The highest BCUT2D eigenvalue weighted by Gasteiger charge is 2.17. The highest BCUT2D eigenvalue weighted by molar-refractivity contribution is 5.91. The fourth-order valence-corrected chi connectivity index (χ4v) is 3.39. The Labute approximate surface area is 153 Å². The van der Waals surface area contributed by atoms with Crippen molar-refractivity contribution >= 4 is 5.91 Å². The molecule has 0 spiro atoms. The zero-order chi connectivity index (χ0) is 18.4. The molecule has 2 aromatic rings. The molecule has 1 amide bonds. The van der Waals surface area contributed by atoms with E-state index in [2.05, 4.69) is 20.5 Å². The minimum atomic E-state index is -0.268. The molecule has 0 aliphatic carbocycles. The number of benzene rings is 1. The first kappa shape index (κ1) is 18.5. The zero-order valence-electron chi connectivity index (χ0n) is 15.2. The van der Waals surface area contributed by atoms with Crippen LogP contribution in [0, 0.1) is 5.82 Å². The van der Waals surface area contributed by atoms with Gasteiger partial charge in [-0.3, -0.25) is 4.79 Å². The maximum absolute atomic E-state index is 13.1. The van der Waals surface area contributed by atoms with Crippen molar-refractivity contribution < 1.29 is 9.18 Å². The number of carbonyl (C=O) groups is 1. The van der Waals surface area contributed by atoms with E-state index in [-0.39, 0.29) is 17.8 Å². The van der Waals surface area contributed by atoms with Gasteiger partial charge in [0.1, 0.15) is 5.82 Å². The number of halogens is 1. The van der Waals surface area contributed by atoms with Crippen LogP contribution in [-0.2, 0) is 0 Å². The smallest absolute Gasteiger partial charge is 0.273 e. The number of amides is 1. The van der Waals surface area contributed by atoms with Crippen molar-refractivity contribution in [2.45, 2.75) is 38.6 Å². The van der Waals surface area contributed by atoms with Crippen LogP contribution in [-0.4, -0.2) is 52.0 Å². The van der Waals surface area contributed by atoms with Gasteiger partial charge in [0.15, 0.2) is 5.69 Å². The lowest BCUT2D eigenvalue weighted by atomic mass is 10.0. The third kappa shape index (κ3) is 4.66. The average molecular weight is 359 g/mol. The summed E-state index contributed by atoms with van der Waals surface area (Å²) in [5.41, 5.74) is 1.25. The fourth-order valence-electron chi connectivity index (χ4n) is 3.39. The van der Waals surface area contributed by atoms with Gasteiger partial charge in [0, 0.05) is 13.1 Å². The number of hydrogen-bond donors (Lipinski definition) is 1. The number of likely N-dealkylation sites (tertiary alicyclic amines) is 1. The molecule has 7 heteroatoms. The van der Waals surface area contributed by atoms with Crippen molar-refractivity contribution in [1.82, 2.24) is 25.2 Å². The second-order valence-corrected chi connectivity index (χ2v) is 6.72. The van der Waals surface area contributed by atoms with Crippen molar-refractivity contribution in [3.63, 3.8) is 0 Å². The Hall–Kier alpha value is -2.28. The van der Waals surface area contributed by atoms with Crippen LogP contribution in [0.5, 0.6) is 0 Å². The van der Waals surface area contributed by atoms with E-state index in [0.717, 1.165) is 31.6 Å². The molecule has 0 saturated carbocycles. The molecule has 1 aliphatic heterocycles. The summed E-state index contributed by atoms with van der Waals surface area (Å²) in [5, 5.41) is 11.0. The molecule has 2 heterocycles. The molecule has 26 heavy (non-hydrogen) atoms. The van der Waals surface area contributed by atoms with Gasteiger partial charge in [-0.25, -0.2) is 9.07 Å². The quantitative estimate of drug-likeness (QED) is 0.825. The van der Waals surface area contributed by atoms with Crippen molar-refractivity contribution in [2.24, 2.45) is 0 Å². The molecule has 1 atom stereocenters. The normalized spacial score (nSPS) is 16.4. The van der Waals surface area contributed by atoms with Crippen LogP contribution in [0.3, 0.4) is 0 Å². The molecule has 1 fully saturated rings. The Morgan fingerprint density at radius 2 is 1.96 bits per heavy atom. The number of hydrogen-bond acceptors (Lipinski definition) is 4. The summed E-state index contributed by atoms with van der Waals surface area (Å²) in [7, 11) is 0. The monoisotopic (exact) mass is 359 g/mol. The van der Waals surface area contributed by atoms with Crippen molar-refractivity contribution in [3.8, 4) is 0 Å². The molecular formula is C19H26FN5O. The summed E-state index contributed by atoms with van der Waals surface area (Å²) in [6.45, 7) is 5.73. The predicted octanol–water partition coefficient (Wildman–Crippen LogP) is 2.63. The van der Waals surface area contributed by atoms with Gasteiger partial charge in [-0.15, -0.1) is 5.10 Å². The summed E-state index contributed by atoms with van der Waals surface area (Å²) in [6.07, 6.45) is 6.21. The highest BCUT2D eigenvalue weighted by atomic mass is 19.1. The Balaban J connectivity index is 1.57. The van der Waals surface area contributed by atoms with E-state index in [0.29, 0.717) is 12.2 Å². The largest absolute Gasteiger partial charge is 0.349 e. The van der Waals surface area contributed by atoms with Gasteiger partial charge >= 0.3 is 0 Å². The van der Waals surface area contributed by atoms with Crippen molar-refractivity contribution in [3.05, 3.63) is 47.5 Å². The van der Waals surface area contributed by atoms with Gasteiger partial charge in [0.25, 0.3) is 5.91 Å². The Morgan fingerprint density at radius 1 is 1.23 bits per heavy atom. The van der Waals surface area contributed by atoms with Crippen molar-refractivity contribution in [1.29, 1.82) is 0 Å². The first-order valence-electron chi connectivity index (χ1n) is 9.35. The Bertz CT molecular complexity index is 709. The molecule has 0 unspecified atom stereocenters. The summed E-state index contributed by atoms with van der Waals surface area (Å²) >= 11 is 0. The second-order valence-electron chi connectivity index (χ2n) is 6.72. The summed E-state index contributed by atoms with van der Waals surface area (Å²) in [6, 6.07) is 6.28. The topological polar surface area (TPSA) is 63.1 Å². The lowest BCUT2D eigenvalue weighted by Gasteiger charge is -2.26. The van der Waals surface area contributed by atoms with E-state index in [9.17, 15) is 9.18 Å². The van der Waals surface area contributed by atoms with E-state index in [1.165, 1.54) is 31.4 Å². The van der Waals surface area contributed by atoms with Crippen molar-refractivity contribution in [2.75, 3.05) is 26.2 Å². The second kappa shape index (κ2) is 8.89. The number of nitrogens with zero attached hydrogens (tertiary/aromatic N) is 4. The SMILES string of the molecule is CC[C@H](c1ccc(F)cc1)n1cc(C(=O)NCCN2CCCCC2)nn1. The predicted molar refractivity (Wildman–Crippen MR) is 97.5 cm³/mol. The molecule has 1 aromatic heterocycles. The van der Waals surface area contributed by atoms with Crippen LogP contribution in [0.15, 0.2) is 30.5 Å². The average Bonchev–Trinajstić information content (AvgIpc) is 3.15. The lowest BCUT2D eigenvalue weighted by Crippen LogP contribution is -2.37. The molecule has 1 N–H and O–H groups in total. The van der Waals surface area contributed by atoms with Gasteiger partial charge < -0.3 is 10.2 Å². The van der Waals surface area contributed by atoms with E-state index in [1.807, 2.05) is 6.92 Å². The fraction of sp³-hybridized carbons (Fsp3) is 0.526. The standard InChI is InChI=1S/C19H26FN5O/c1-2-18(15-6-8-16(20)9-7-15)25-14-17(22-23-25)19(26)21-10-13-24-11-4-3-5-12-24/h6-9,14,18H,2-5,10-13H2,1H3,(H,21,26)/t18-/m1/s1. The lowest BCUT2D eigenvalue weighted by molar-refractivity contribution is 0.0941. The first-order valence-corrected chi connectivity index (χ1v) is 9.35. The van der Waals surface area contributed by atoms with E-state index in [4.69, 9.17) is 0 Å². The Morgan fingerprint density at radius 3 is 2.65 bits per heavy atom. The zero-order valence-corrected chi connectivity index (χ0v) is 15.2. The summed E-state index contributed by atoms with van der Waals surface area (Å²) in [4.78, 5) is 14.7.